The highest BCUT2D eigenvalue weighted by molar-refractivity contribution is 5.40. The largest absolute Gasteiger partial charge is 0.493 e. The van der Waals surface area contributed by atoms with E-state index in [1.165, 1.54) is 0 Å². The number of aliphatic hydroxyl groups is 1. The minimum absolute atomic E-state index is 0.0387. The lowest BCUT2D eigenvalue weighted by Crippen LogP contribution is -1.98. The second kappa shape index (κ2) is 12.1. The highest BCUT2D eigenvalue weighted by Crippen LogP contribution is 2.22. The first-order valence-electron chi connectivity index (χ1n) is 6.11. The van der Waals surface area contributed by atoms with Gasteiger partial charge >= 0.3 is 0 Å². The standard InChI is InChI=1S/C10H14O2.2C2H6/c1-3-12-10-8(2)5-4-6-9(10)7-11;2*1-2/h4-6,11H,3,7H2,1-2H3;2*1-2H3. The van der Waals surface area contributed by atoms with Crippen LogP contribution >= 0.6 is 0 Å². The van der Waals surface area contributed by atoms with Crippen molar-refractivity contribution in [2.24, 2.45) is 0 Å². The lowest BCUT2D eigenvalue weighted by molar-refractivity contribution is 0.266. The van der Waals surface area contributed by atoms with Crippen molar-refractivity contribution in [3.05, 3.63) is 29.3 Å². The number of aryl methyl sites for hydroxylation is 1. The van der Waals surface area contributed by atoms with Crippen LogP contribution in [0.4, 0.5) is 0 Å². The van der Waals surface area contributed by atoms with E-state index in [1.807, 2.05) is 59.7 Å². The summed E-state index contributed by atoms with van der Waals surface area (Å²) in [7, 11) is 0. The van der Waals surface area contributed by atoms with Crippen LogP contribution in [0.1, 0.15) is 45.7 Å². The van der Waals surface area contributed by atoms with Crippen LogP contribution in [0.25, 0.3) is 0 Å². The molecule has 0 aliphatic carbocycles. The van der Waals surface area contributed by atoms with Gasteiger partial charge in [-0.25, -0.2) is 0 Å². The van der Waals surface area contributed by atoms with Crippen LogP contribution in [0.2, 0.25) is 0 Å². The van der Waals surface area contributed by atoms with Gasteiger partial charge < -0.3 is 9.84 Å². The van der Waals surface area contributed by atoms with Crippen molar-refractivity contribution in [3.8, 4) is 5.75 Å². The maximum atomic E-state index is 8.99. The lowest BCUT2D eigenvalue weighted by atomic mass is 10.1. The molecule has 0 saturated carbocycles. The second-order valence-corrected chi connectivity index (χ2v) is 2.65. The van der Waals surface area contributed by atoms with Gasteiger partial charge in [-0.3, -0.25) is 0 Å². The Morgan fingerprint density at radius 1 is 1.12 bits per heavy atom. The lowest BCUT2D eigenvalue weighted by Gasteiger charge is -2.10. The SMILES string of the molecule is CC.CC.CCOc1c(C)cccc1CO. The molecule has 94 valence electrons. The quantitative estimate of drug-likeness (QED) is 0.846. The van der Waals surface area contributed by atoms with Crippen molar-refractivity contribution in [1.82, 2.24) is 0 Å². The molecule has 0 aromatic heterocycles. The van der Waals surface area contributed by atoms with E-state index in [2.05, 4.69) is 0 Å². The predicted octanol–water partition coefficient (Wildman–Crippen LogP) is 3.94. The Morgan fingerprint density at radius 3 is 2.12 bits per heavy atom. The molecule has 2 nitrogen and oxygen atoms in total. The van der Waals surface area contributed by atoms with E-state index in [9.17, 15) is 0 Å². The fraction of sp³-hybridized carbons (Fsp3) is 0.571. The van der Waals surface area contributed by atoms with Crippen molar-refractivity contribution in [1.29, 1.82) is 0 Å². The van der Waals surface area contributed by atoms with Gasteiger partial charge in [0.25, 0.3) is 0 Å². The molecule has 0 spiro atoms. The molecule has 16 heavy (non-hydrogen) atoms. The molecule has 0 radical (unpaired) electrons. The van der Waals surface area contributed by atoms with Gasteiger partial charge in [0, 0.05) is 5.56 Å². The Labute approximate surface area is 100 Å². The molecule has 0 saturated heterocycles. The third kappa shape index (κ3) is 5.76. The van der Waals surface area contributed by atoms with Crippen LogP contribution in [0.3, 0.4) is 0 Å². The second-order valence-electron chi connectivity index (χ2n) is 2.65. The first kappa shape index (κ1) is 17.4. The van der Waals surface area contributed by atoms with Gasteiger partial charge in [-0.05, 0) is 19.4 Å². The number of hydrogen-bond acceptors (Lipinski definition) is 2. The Morgan fingerprint density at radius 2 is 1.69 bits per heavy atom. The number of benzene rings is 1. The highest BCUT2D eigenvalue weighted by atomic mass is 16.5. The molecule has 0 unspecified atom stereocenters. The van der Waals surface area contributed by atoms with E-state index < -0.39 is 0 Å². The number of para-hydroxylation sites is 1. The van der Waals surface area contributed by atoms with Crippen molar-refractivity contribution >= 4 is 0 Å². The number of ether oxygens (including phenoxy) is 1. The predicted molar refractivity (Wildman–Crippen MR) is 71.0 cm³/mol. The first-order chi connectivity index (χ1) is 7.79. The van der Waals surface area contributed by atoms with Crippen molar-refractivity contribution < 1.29 is 9.84 Å². The summed E-state index contributed by atoms with van der Waals surface area (Å²) in [5.74, 6) is 0.822. The molecule has 1 N–H and O–H groups in total. The average molecular weight is 226 g/mol. The Bertz CT molecular complexity index is 257. The van der Waals surface area contributed by atoms with Gasteiger partial charge in [0.1, 0.15) is 5.75 Å². The molecule has 1 rings (SSSR count). The molecule has 1 aromatic rings. The third-order valence-electron chi connectivity index (χ3n) is 1.75. The normalized spacial score (nSPS) is 8.19. The van der Waals surface area contributed by atoms with Gasteiger partial charge in [0.15, 0.2) is 0 Å². The minimum Gasteiger partial charge on any atom is -0.493 e. The fourth-order valence-electron chi connectivity index (χ4n) is 1.19. The van der Waals surface area contributed by atoms with E-state index in [0.717, 1.165) is 16.9 Å². The maximum Gasteiger partial charge on any atom is 0.127 e. The molecule has 0 heterocycles. The molecule has 1 aromatic carbocycles. The smallest absolute Gasteiger partial charge is 0.127 e. The van der Waals surface area contributed by atoms with Gasteiger partial charge in [-0.1, -0.05) is 45.9 Å². The summed E-state index contributed by atoms with van der Waals surface area (Å²) in [4.78, 5) is 0. The molecule has 0 atom stereocenters. The summed E-state index contributed by atoms with van der Waals surface area (Å²) < 4.78 is 5.40. The van der Waals surface area contributed by atoms with Crippen molar-refractivity contribution in [2.45, 2.75) is 48.1 Å². The van der Waals surface area contributed by atoms with Crippen LogP contribution in [-0.4, -0.2) is 11.7 Å². The van der Waals surface area contributed by atoms with E-state index in [1.54, 1.807) is 0 Å². The van der Waals surface area contributed by atoms with Crippen LogP contribution in [0.5, 0.6) is 5.75 Å². The molecule has 0 fully saturated rings. The molecule has 0 amide bonds. The Balaban J connectivity index is 0. The number of rotatable bonds is 3. The van der Waals surface area contributed by atoms with Crippen molar-refractivity contribution in [2.75, 3.05) is 6.61 Å². The summed E-state index contributed by atoms with van der Waals surface area (Å²) >= 11 is 0. The molecule has 0 bridgehead atoms. The topological polar surface area (TPSA) is 29.5 Å². The van der Waals surface area contributed by atoms with Crippen LogP contribution in [0, 0.1) is 6.92 Å². The zero-order valence-electron chi connectivity index (χ0n) is 11.5. The summed E-state index contributed by atoms with van der Waals surface area (Å²) in [6.45, 7) is 12.6. The monoisotopic (exact) mass is 226 g/mol. The van der Waals surface area contributed by atoms with Crippen molar-refractivity contribution in [3.63, 3.8) is 0 Å². The summed E-state index contributed by atoms with van der Waals surface area (Å²) in [6.07, 6.45) is 0. The van der Waals surface area contributed by atoms with Gasteiger partial charge in [-0.2, -0.15) is 0 Å². The van der Waals surface area contributed by atoms with E-state index >= 15 is 0 Å². The number of aliphatic hydroxyl groups excluding tert-OH is 1. The summed E-state index contributed by atoms with van der Waals surface area (Å²) in [5.41, 5.74) is 1.93. The van der Waals surface area contributed by atoms with Gasteiger partial charge in [-0.15, -0.1) is 0 Å². The molecular weight excluding hydrogens is 200 g/mol. The zero-order chi connectivity index (χ0) is 13.0. The molecular formula is C14H26O2. The third-order valence-corrected chi connectivity index (χ3v) is 1.75. The molecule has 0 aliphatic rings. The van der Waals surface area contributed by atoms with Gasteiger partial charge in [0.2, 0.25) is 0 Å². The minimum atomic E-state index is 0.0387. The molecule has 2 heteroatoms. The van der Waals surface area contributed by atoms with Crippen LogP contribution in [-0.2, 0) is 6.61 Å². The first-order valence-corrected chi connectivity index (χ1v) is 6.11. The Kier molecular flexibility index (Phi) is 13.1. The maximum absolute atomic E-state index is 8.99. The average Bonchev–Trinajstić information content (AvgIpc) is 2.37. The van der Waals surface area contributed by atoms with Crippen LogP contribution < -0.4 is 4.74 Å². The van der Waals surface area contributed by atoms with Gasteiger partial charge in [0.05, 0.1) is 13.2 Å². The van der Waals surface area contributed by atoms with E-state index in [4.69, 9.17) is 9.84 Å². The Hall–Kier alpha value is -1.02. The molecule has 0 aliphatic heterocycles. The highest BCUT2D eigenvalue weighted by Gasteiger charge is 2.03. The van der Waals surface area contributed by atoms with E-state index in [-0.39, 0.29) is 6.61 Å². The summed E-state index contributed by atoms with van der Waals surface area (Å²) in [5, 5.41) is 8.99. The van der Waals surface area contributed by atoms with E-state index in [0.29, 0.717) is 6.61 Å². The zero-order valence-corrected chi connectivity index (χ0v) is 11.5. The summed E-state index contributed by atoms with van der Waals surface area (Å²) in [6, 6.07) is 5.77. The fourth-order valence-corrected chi connectivity index (χ4v) is 1.19. The number of hydrogen-bond donors (Lipinski definition) is 1. The van der Waals surface area contributed by atoms with Crippen LogP contribution in [0.15, 0.2) is 18.2 Å².